The molecule has 0 bridgehead atoms. The summed E-state index contributed by atoms with van der Waals surface area (Å²) in [4.78, 5) is 18.5. The fraction of sp³-hybridized carbons (Fsp3) is 0.231. The van der Waals surface area contributed by atoms with Gasteiger partial charge in [-0.3, -0.25) is 10.1 Å². The molecule has 0 amide bonds. The molecule has 0 unspecified atom stereocenters. The zero-order valence-electron chi connectivity index (χ0n) is 10.8. The van der Waals surface area contributed by atoms with Gasteiger partial charge in [0, 0.05) is 24.7 Å². The van der Waals surface area contributed by atoms with Crippen LogP contribution in [0.3, 0.4) is 0 Å². The molecule has 0 spiro atoms. The first-order chi connectivity index (χ1) is 9.54. The average Bonchev–Trinajstić information content (AvgIpc) is 2.38. The lowest BCUT2D eigenvalue weighted by atomic mass is 10.1. The third kappa shape index (κ3) is 3.99. The summed E-state index contributed by atoms with van der Waals surface area (Å²) in [6.45, 7) is 2.52. The van der Waals surface area contributed by atoms with E-state index >= 15 is 0 Å². The normalized spacial score (nSPS) is 10.3. The Morgan fingerprint density at radius 2 is 2.00 bits per heavy atom. The van der Waals surface area contributed by atoms with Crippen molar-refractivity contribution in [3.63, 3.8) is 0 Å². The van der Waals surface area contributed by atoms with Crippen molar-refractivity contribution in [2.75, 3.05) is 11.9 Å². The standard InChI is InChI=1S/C13H13BrN4O2/c1-9-16-12(14)8-13(17-9)15-7-6-10-2-4-11(5-3-10)18(19)20/h2-5,8H,6-7H2,1H3,(H,15,16,17). The van der Waals surface area contributed by atoms with Gasteiger partial charge in [0.2, 0.25) is 0 Å². The van der Waals surface area contributed by atoms with E-state index < -0.39 is 4.92 Å². The summed E-state index contributed by atoms with van der Waals surface area (Å²) in [5.41, 5.74) is 1.14. The Morgan fingerprint density at radius 3 is 2.60 bits per heavy atom. The van der Waals surface area contributed by atoms with Gasteiger partial charge < -0.3 is 5.32 Å². The topological polar surface area (TPSA) is 81.0 Å². The van der Waals surface area contributed by atoms with Gasteiger partial charge in [-0.25, -0.2) is 9.97 Å². The van der Waals surface area contributed by atoms with Gasteiger partial charge in [0.15, 0.2) is 0 Å². The van der Waals surface area contributed by atoms with Crippen molar-refractivity contribution in [1.29, 1.82) is 0 Å². The number of anilines is 1. The molecule has 1 N–H and O–H groups in total. The number of hydrogen-bond donors (Lipinski definition) is 1. The van der Waals surface area contributed by atoms with Crippen molar-refractivity contribution in [2.24, 2.45) is 0 Å². The first-order valence-electron chi connectivity index (χ1n) is 6.03. The summed E-state index contributed by atoms with van der Waals surface area (Å²) in [5, 5.41) is 13.7. The molecular formula is C13H13BrN4O2. The fourth-order valence-corrected chi connectivity index (χ4v) is 2.21. The Morgan fingerprint density at radius 1 is 1.30 bits per heavy atom. The zero-order chi connectivity index (χ0) is 14.5. The molecule has 0 aliphatic carbocycles. The van der Waals surface area contributed by atoms with E-state index in [1.807, 2.05) is 13.0 Å². The number of nitrogens with zero attached hydrogens (tertiary/aromatic N) is 3. The van der Waals surface area contributed by atoms with Crippen molar-refractivity contribution >= 4 is 27.4 Å². The molecule has 2 rings (SSSR count). The summed E-state index contributed by atoms with van der Waals surface area (Å²) in [7, 11) is 0. The van der Waals surface area contributed by atoms with Gasteiger partial charge in [-0.1, -0.05) is 12.1 Å². The van der Waals surface area contributed by atoms with Crippen LogP contribution in [0.4, 0.5) is 11.5 Å². The first kappa shape index (κ1) is 14.4. The Bertz CT molecular complexity index is 596. The first-order valence-corrected chi connectivity index (χ1v) is 6.82. The summed E-state index contributed by atoms with van der Waals surface area (Å²) in [6, 6.07) is 8.37. The number of halogens is 1. The molecule has 0 atom stereocenters. The molecule has 20 heavy (non-hydrogen) atoms. The Kier molecular flexibility index (Phi) is 4.62. The fourth-order valence-electron chi connectivity index (χ4n) is 1.74. The van der Waals surface area contributed by atoms with Crippen molar-refractivity contribution in [1.82, 2.24) is 9.97 Å². The van der Waals surface area contributed by atoms with Crippen LogP contribution < -0.4 is 5.32 Å². The molecule has 1 aromatic heterocycles. The van der Waals surface area contributed by atoms with Crippen molar-refractivity contribution in [3.8, 4) is 0 Å². The number of non-ortho nitro benzene ring substituents is 1. The monoisotopic (exact) mass is 336 g/mol. The highest BCUT2D eigenvalue weighted by atomic mass is 79.9. The second-order valence-electron chi connectivity index (χ2n) is 4.22. The third-order valence-corrected chi connectivity index (χ3v) is 3.08. The van der Waals surface area contributed by atoms with Gasteiger partial charge in [-0.15, -0.1) is 0 Å². The maximum Gasteiger partial charge on any atom is 0.269 e. The molecule has 104 valence electrons. The molecule has 0 aliphatic rings. The number of nitro benzene ring substituents is 1. The van der Waals surface area contributed by atoms with E-state index in [1.165, 1.54) is 12.1 Å². The second kappa shape index (κ2) is 6.42. The molecule has 7 heteroatoms. The van der Waals surface area contributed by atoms with Gasteiger partial charge in [0.05, 0.1) is 4.92 Å². The van der Waals surface area contributed by atoms with E-state index in [9.17, 15) is 10.1 Å². The average molecular weight is 337 g/mol. The van der Waals surface area contributed by atoms with Crippen LogP contribution in [0, 0.1) is 17.0 Å². The smallest absolute Gasteiger partial charge is 0.269 e. The van der Waals surface area contributed by atoms with Crippen molar-refractivity contribution in [3.05, 3.63) is 56.4 Å². The predicted octanol–water partition coefficient (Wildman–Crippen LogP) is 3.11. The van der Waals surface area contributed by atoms with Crippen molar-refractivity contribution in [2.45, 2.75) is 13.3 Å². The molecule has 1 aromatic carbocycles. The van der Waals surface area contributed by atoms with Crippen molar-refractivity contribution < 1.29 is 4.92 Å². The molecule has 6 nitrogen and oxygen atoms in total. The Balaban J connectivity index is 1.90. The molecule has 0 radical (unpaired) electrons. The quantitative estimate of drug-likeness (QED) is 0.515. The summed E-state index contributed by atoms with van der Waals surface area (Å²) in [5.74, 6) is 1.45. The van der Waals surface area contributed by atoms with Gasteiger partial charge in [-0.2, -0.15) is 0 Å². The molecular weight excluding hydrogens is 324 g/mol. The highest BCUT2D eigenvalue weighted by molar-refractivity contribution is 9.10. The van der Waals surface area contributed by atoms with Crippen LogP contribution >= 0.6 is 15.9 Å². The molecule has 2 aromatic rings. The minimum absolute atomic E-state index is 0.108. The number of hydrogen-bond acceptors (Lipinski definition) is 5. The van der Waals surface area contributed by atoms with Gasteiger partial charge in [-0.05, 0) is 34.8 Å². The van der Waals surface area contributed by atoms with Crippen LogP contribution in [0.1, 0.15) is 11.4 Å². The lowest BCUT2D eigenvalue weighted by molar-refractivity contribution is -0.384. The van der Waals surface area contributed by atoms with E-state index in [-0.39, 0.29) is 5.69 Å². The highest BCUT2D eigenvalue weighted by Gasteiger charge is 2.04. The summed E-state index contributed by atoms with van der Waals surface area (Å²) < 4.78 is 0.739. The number of benzene rings is 1. The number of nitro groups is 1. The van der Waals surface area contributed by atoms with E-state index in [2.05, 4.69) is 31.2 Å². The minimum atomic E-state index is -0.400. The Hall–Kier alpha value is -2.02. The Labute approximate surface area is 124 Å². The number of nitrogens with one attached hydrogen (secondary N) is 1. The molecule has 0 saturated heterocycles. The van der Waals surface area contributed by atoms with Crippen LogP contribution in [0.25, 0.3) is 0 Å². The zero-order valence-corrected chi connectivity index (χ0v) is 12.4. The number of rotatable bonds is 5. The minimum Gasteiger partial charge on any atom is -0.370 e. The van der Waals surface area contributed by atoms with Gasteiger partial charge >= 0.3 is 0 Å². The van der Waals surface area contributed by atoms with Crippen LogP contribution in [0.5, 0.6) is 0 Å². The van der Waals surface area contributed by atoms with Crippen LogP contribution in [0.15, 0.2) is 34.9 Å². The van der Waals surface area contributed by atoms with Crippen LogP contribution in [-0.4, -0.2) is 21.4 Å². The van der Waals surface area contributed by atoms with E-state index in [4.69, 9.17) is 0 Å². The summed E-state index contributed by atoms with van der Waals surface area (Å²) in [6.07, 6.45) is 0.763. The predicted molar refractivity (Wildman–Crippen MR) is 79.8 cm³/mol. The number of aryl methyl sites for hydroxylation is 1. The lowest BCUT2D eigenvalue weighted by Gasteiger charge is -2.06. The maximum absolute atomic E-state index is 10.5. The highest BCUT2D eigenvalue weighted by Crippen LogP contribution is 2.14. The van der Waals surface area contributed by atoms with E-state index in [0.29, 0.717) is 12.4 Å². The third-order valence-electron chi connectivity index (χ3n) is 2.67. The van der Waals surface area contributed by atoms with E-state index in [1.54, 1.807) is 12.1 Å². The van der Waals surface area contributed by atoms with Crippen LogP contribution in [-0.2, 0) is 6.42 Å². The largest absolute Gasteiger partial charge is 0.370 e. The molecule has 0 fully saturated rings. The SMILES string of the molecule is Cc1nc(Br)cc(NCCc2ccc([N+](=O)[O-])cc2)n1. The van der Waals surface area contributed by atoms with Crippen LogP contribution in [0.2, 0.25) is 0 Å². The van der Waals surface area contributed by atoms with E-state index in [0.717, 1.165) is 22.4 Å². The summed E-state index contributed by atoms with van der Waals surface area (Å²) >= 11 is 3.32. The molecule has 0 aliphatic heterocycles. The number of aromatic nitrogens is 2. The second-order valence-corrected chi connectivity index (χ2v) is 5.04. The molecule has 1 heterocycles. The van der Waals surface area contributed by atoms with Gasteiger partial charge in [0.1, 0.15) is 16.2 Å². The van der Waals surface area contributed by atoms with Gasteiger partial charge in [0.25, 0.3) is 5.69 Å². The maximum atomic E-state index is 10.5. The molecule has 0 saturated carbocycles. The lowest BCUT2D eigenvalue weighted by Crippen LogP contribution is -2.07.